The number of amides is 1. The predicted molar refractivity (Wildman–Crippen MR) is 75.7 cm³/mol. The molecule has 0 radical (unpaired) electrons. The van der Waals surface area contributed by atoms with Crippen molar-refractivity contribution in [3.63, 3.8) is 0 Å². The van der Waals surface area contributed by atoms with Crippen LogP contribution in [0.25, 0.3) is 0 Å². The van der Waals surface area contributed by atoms with Crippen LogP contribution in [-0.2, 0) is 16.3 Å². The van der Waals surface area contributed by atoms with E-state index in [9.17, 15) is 13.7 Å². The van der Waals surface area contributed by atoms with E-state index in [4.69, 9.17) is 0 Å². The van der Waals surface area contributed by atoms with Crippen LogP contribution in [0.2, 0.25) is 0 Å². The fraction of sp³-hybridized carbons (Fsp3) is 0.417. The number of rotatable bonds is 1. The lowest BCUT2D eigenvalue weighted by atomic mass is 10.0. The van der Waals surface area contributed by atoms with E-state index in [1.54, 1.807) is 26.0 Å². The molecule has 2 atom stereocenters. The van der Waals surface area contributed by atoms with E-state index in [1.807, 2.05) is 0 Å². The van der Waals surface area contributed by atoms with Crippen molar-refractivity contribution in [2.75, 3.05) is 0 Å². The van der Waals surface area contributed by atoms with Gasteiger partial charge in [-0.15, -0.1) is 4.31 Å². The smallest absolute Gasteiger partial charge is 0.279 e. The maximum atomic E-state index is 13.4. The third kappa shape index (κ3) is 2.88. The lowest BCUT2D eigenvalue weighted by Gasteiger charge is -2.35. The van der Waals surface area contributed by atoms with Crippen LogP contribution in [0.4, 0.5) is 4.39 Å². The summed E-state index contributed by atoms with van der Waals surface area (Å²) in [4.78, 5) is 12.4. The largest absolute Gasteiger partial charge is 0.568 e. The monoisotopic (exact) mass is 348 g/mol. The summed E-state index contributed by atoms with van der Waals surface area (Å²) < 4.78 is 29.9. The van der Waals surface area contributed by atoms with Gasteiger partial charge in [-0.05, 0) is 35.9 Å². The minimum Gasteiger partial charge on any atom is -0.568 e. The molecule has 1 aliphatic heterocycles. The molecule has 0 bridgehead atoms. The van der Waals surface area contributed by atoms with Gasteiger partial charge < -0.3 is 4.55 Å². The summed E-state index contributed by atoms with van der Waals surface area (Å²) in [6.45, 7) is 3.60. The van der Waals surface area contributed by atoms with Crippen LogP contribution >= 0.6 is 15.9 Å². The van der Waals surface area contributed by atoms with Gasteiger partial charge in [0.15, 0.2) is 11.5 Å². The molecular formula is C12H14BrFN2O2S. The number of nitrogens with one attached hydrogen (secondary N) is 1. The minimum atomic E-state index is -1.64. The van der Waals surface area contributed by atoms with Gasteiger partial charge in [0, 0.05) is 10.9 Å². The maximum Gasteiger partial charge on any atom is 0.279 e. The average molecular weight is 349 g/mol. The Balaban J connectivity index is 2.44. The molecule has 1 saturated heterocycles. The highest BCUT2D eigenvalue weighted by Gasteiger charge is 2.43. The number of hydrogen-bond acceptors (Lipinski definition) is 3. The summed E-state index contributed by atoms with van der Waals surface area (Å²) in [5, 5.41) is 0. The first-order chi connectivity index (χ1) is 8.91. The highest BCUT2D eigenvalue weighted by Crippen LogP contribution is 2.32. The van der Waals surface area contributed by atoms with Crippen molar-refractivity contribution in [2.45, 2.75) is 26.3 Å². The second-order valence-corrected chi connectivity index (χ2v) is 6.52. The molecule has 0 saturated carbocycles. The fourth-order valence-corrected chi connectivity index (χ4v) is 3.87. The van der Waals surface area contributed by atoms with Crippen LogP contribution < -0.4 is 4.72 Å². The van der Waals surface area contributed by atoms with Gasteiger partial charge in [-0.1, -0.05) is 12.2 Å². The SMILES string of the molecule is CC(C)N1C(=O)C2/C=C\C/C(F)=C\C(Br)=C/2N[S+]1[O-]. The first kappa shape index (κ1) is 14.6. The Morgan fingerprint density at radius 1 is 1.63 bits per heavy atom. The number of hydrogen-bond donors (Lipinski definition) is 1. The normalized spacial score (nSPS) is 36.0. The van der Waals surface area contributed by atoms with Gasteiger partial charge in [-0.2, -0.15) is 4.72 Å². The predicted octanol–water partition coefficient (Wildman–Crippen LogP) is 2.44. The molecule has 104 valence electrons. The minimum absolute atomic E-state index is 0.150. The molecule has 2 rings (SSSR count). The molecule has 2 aliphatic rings. The van der Waals surface area contributed by atoms with E-state index in [-0.39, 0.29) is 24.2 Å². The molecule has 0 spiro atoms. The molecule has 0 aromatic carbocycles. The Morgan fingerprint density at radius 3 is 2.95 bits per heavy atom. The van der Waals surface area contributed by atoms with E-state index >= 15 is 0 Å². The molecule has 0 aromatic rings. The summed E-state index contributed by atoms with van der Waals surface area (Å²) >= 11 is 1.59. The summed E-state index contributed by atoms with van der Waals surface area (Å²) in [5.74, 6) is -1.12. The van der Waals surface area contributed by atoms with Crippen LogP contribution in [0.5, 0.6) is 0 Å². The lowest BCUT2D eigenvalue weighted by Crippen LogP contribution is -2.56. The van der Waals surface area contributed by atoms with Gasteiger partial charge in [-0.3, -0.25) is 4.79 Å². The van der Waals surface area contributed by atoms with Gasteiger partial charge >= 0.3 is 0 Å². The van der Waals surface area contributed by atoms with Crippen molar-refractivity contribution < 1.29 is 13.7 Å². The van der Waals surface area contributed by atoms with Gasteiger partial charge in [0.2, 0.25) is 0 Å². The van der Waals surface area contributed by atoms with Crippen molar-refractivity contribution in [3.05, 3.63) is 34.2 Å². The van der Waals surface area contributed by atoms with Crippen LogP contribution in [0.15, 0.2) is 34.2 Å². The van der Waals surface area contributed by atoms with Crippen LogP contribution in [-0.4, -0.2) is 20.8 Å². The first-order valence-corrected chi connectivity index (χ1v) is 7.75. The molecule has 1 N–H and O–H groups in total. The third-order valence-electron chi connectivity index (χ3n) is 2.82. The maximum absolute atomic E-state index is 13.4. The van der Waals surface area contributed by atoms with Crippen molar-refractivity contribution in [3.8, 4) is 0 Å². The third-order valence-corrected chi connectivity index (χ3v) is 4.83. The Hall–Kier alpha value is -0.790. The molecule has 1 heterocycles. The average Bonchev–Trinajstić information content (AvgIpc) is 2.29. The molecule has 1 amide bonds. The molecule has 19 heavy (non-hydrogen) atoms. The van der Waals surface area contributed by atoms with Crippen molar-refractivity contribution in [1.82, 2.24) is 9.03 Å². The Morgan fingerprint density at radius 2 is 2.32 bits per heavy atom. The van der Waals surface area contributed by atoms with E-state index in [0.29, 0.717) is 10.2 Å². The van der Waals surface area contributed by atoms with Gasteiger partial charge in [0.1, 0.15) is 11.7 Å². The van der Waals surface area contributed by atoms with Crippen molar-refractivity contribution >= 4 is 33.4 Å². The summed E-state index contributed by atoms with van der Waals surface area (Å²) in [5.41, 5.74) is 0.436. The summed E-state index contributed by atoms with van der Waals surface area (Å²) in [6, 6.07) is -0.174. The van der Waals surface area contributed by atoms with Crippen LogP contribution in [0.3, 0.4) is 0 Å². The second kappa shape index (κ2) is 5.68. The molecular weight excluding hydrogens is 335 g/mol. The zero-order valence-corrected chi connectivity index (χ0v) is 12.9. The Bertz CT molecular complexity index is 490. The number of fused-ring (bicyclic) bond motifs is 1. The number of nitrogens with zero attached hydrogens (tertiary/aromatic N) is 1. The van der Waals surface area contributed by atoms with Gasteiger partial charge in [0.25, 0.3) is 5.91 Å². The van der Waals surface area contributed by atoms with E-state index in [0.717, 1.165) is 0 Å². The number of halogens is 2. The van der Waals surface area contributed by atoms with Crippen LogP contribution in [0, 0.1) is 5.92 Å². The van der Waals surface area contributed by atoms with E-state index in [2.05, 4.69) is 20.7 Å². The highest BCUT2D eigenvalue weighted by molar-refractivity contribution is 9.11. The fourth-order valence-electron chi connectivity index (χ4n) is 1.96. The Kier molecular flexibility index (Phi) is 4.37. The summed E-state index contributed by atoms with van der Waals surface area (Å²) in [7, 11) is 0. The number of carbonyl (C=O) groups is 1. The second-order valence-electron chi connectivity index (χ2n) is 4.57. The molecule has 0 aromatic heterocycles. The zero-order chi connectivity index (χ0) is 14.2. The Labute approximate surface area is 123 Å². The van der Waals surface area contributed by atoms with E-state index in [1.165, 1.54) is 10.4 Å². The van der Waals surface area contributed by atoms with Crippen LogP contribution in [0.1, 0.15) is 20.3 Å². The standard InChI is InChI=1S/C12H14BrFN2O2S/c1-7(2)16-12(17)9-5-3-4-8(14)6-10(13)11(9)15-19(16)18/h3,5-7,9,15H,4H2,1-2H3/b5-3-,8-6+,11-10-. The number of carbonyl (C=O) groups excluding carboxylic acids is 1. The van der Waals surface area contributed by atoms with Crippen molar-refractivity contribution in [1.29, 1.82) is 0 Å². The van der Waals surface area contributed by atoms with Gasteiger partial charge in [-0.25, -0.2) is 4.39 Å². The highest BCUT2D eigenvalue weighted by atomic mass is 79.9. The molecule has 1 aliphatic carbocycles. The number of allylic oxidation sites excluding steroid dienone is 4. The quantitative estimate of drug-likeness (QED) is 0.584. The topological polar surface area (TPSA) is 55.4 Å². The van der Waals surface area contributed by atoms with E-state index < -0.39 is 17.5 Å². The summed E-state index contributed by atoms with van der Waals surface area (Å²) in [6.07, 6.45) is 4.71. The molecule has 1 fully saturated rings. The lowest BCUT2D eigenvalue weighted by molar-refractivity contribution is -0.130. The molecule has 2 unspecified atom stereocenters. The zero-order valence-electron chi connectivity index (χ0n) is 10.5. The first-order valence-electron chi connectivity index (χ1n) is 5.86. The van der Waals surface area contributed by atoms with Crippen molar-refractivity contribution in [2.24, 2.45) is 5.92 Å². The molecule has 7 heteroatoms. The molecule has 4 nitrogen and oxygen atoms in total. The van der Waals surface area contributed by atoms with Gasteiger partial charge in [0.05, 0.1) is 11.7 Å².